The molecule has 1 aromatic rings. The lowest BCUT2D eigenvalue weighted by molar-refractivity contribution is -0.0453. The minimum Gasteiger partial charge on any atom is -0.493 e. The molecule has 2 bridgehead atoms. The molecule has 5 atom stereocenters. The van der Waals surface area contributed by atoms with E-state index in [1.807, 2.05) is 12.1 Å². The Hall–Kier alpha value is -1.23. The fourth-order valence-corrected chi connectivity index (χ4v) is 5.39. The molecule has 0 saturated carbocycles. The second-order valence-electron chi connectivity index (χ2n) is 7.11. The van der Waals surface area contributed by atoms with Crippen LogP contribution in [-0.4, -0.2) is 49.0 Å². The lowest BCUT2D eigenvalue weighted by Gasteiger charge is -2.56. The number of ether oxygens (including phenoxy) is 2. The Balaban J connectivity index is 0.00000135. The molecule has 1 aromatic carbocycles. The van der Waals surface area contributed by atoms with Crippen LogP contribution in [0.5, 0.6) is 11.5 Å². The molecule has 2 heterocycles. The Morgan fingerprint density at radius 1 is 1.35 bits per heavy atom. The maximum Gasteiger partial charge on any atom is 0.165 e. The smallest absolute Gasteiger partial charge is 0.165 e. The van der Waals surface area contributed by atoms with E-state index in [0.29, 0.717) is 12.0 Å². The molecule has 1 N–H and O–H groups in total. The topological polar surface area (TPSA) is 41.9 Å². The number of rotatable bonds is 1. The fraction of sp³-hybridized carbons (Fsp3) is 0.556. The highest BCUT2D eigenvalue weighted by molar-refractivity contribution is 5.85. The van der Waals surface area contributed by atoms with Gasteiger partial charge in [-0.25, -0.2) is 0 Å². The van der Waals surface area contributed by atoms with Crippen LogP contribution in [0.1, 0.15) is 17.5 Å². The van der Waals surface area contributed by atoms with Crippen molar-refractivity contribution in [2.75, 3.05) is 20.7 Å². The third kappa shape index (κ3) is 1.64. The van der Waals surface area contributed by atoms with Gasteiger partial charge in [0.25, 0.3) is 0 Å². The van der Waals surface area contributed by atoms with Crippen molar-refractivity contribution in [3.8, 4) is 11.5 Å². The van der Waals surface area contributed by atoms with Gasteiger partial charge in [0.15, 0.2) is 11.5 Å². The molecular formula is C18H22ClNO3. The zero-order valence-electron chi connectivity index (χ0n) is 13.4. The van der Waals surface area contributed by atoms with Crippen LogP contribution in [0, 0.1) is 5.92 Å². The van der Waals surface area contributed by atoms with E-state index in [-0.39, 0.29) is 23.9 Å². The lowest BCUT2D eigenvalue weighted by Crippen LogP contribution is -2.64. The fourth-order valence-electron chi connectivity index (χ4n) is 5.39. The van der Waals surface area contributed by atoms with Gasteiger partial charge in [0.05, 0.1) is 7.11 Å². The standard InChI is InChI=1S/C18H21NO3.ClH/c1-19-8-7-18-11-4-5-13(20)17(18)22-16-14(21-2)6-3-10(15(16)18)9-12(11)19;/h3-6,11-13,17,20H,7-9H2,1-2H3;1H/t11?,12-,13?,17?,18+;/m1./s1. The van der Waals surface area contributed by atoms with E-state index in [1.54, 1.807) is 7.11 Å². The Labute approximate surface area is 142 Å². The zero-order chi connectivity index (χ0) is 15.1. The second kappa shape index (κ2) is 4.88. The highest BCUT2D eigenvalue weighted by atomic mass is 35.5. The quantitative estimate of drug-likeness (QED) is 0.796. The molecule has 4 nitrogen and oxygen atoms in total. The number of aliphatic hydroxyl groups excluding tert-OH is 1. The average Bonchev–Trinajstić information content (AvgIpc) is 2.88. The summed E-state index contributed by atoms with van der Waals surface area (Å²) in [6.45, 7) is 1.05. The van der Waals surface area contributed by atoms with Crippen LogP contribution < -0.4 is 9.47 Å². The normalized spacial score (nSPS) is 39.3. The van der Waals surface area contributed by atoms with Crippen LogP contribution in [0.2, 0.25) is 0 Å². The third-order valence-corrected chi connectivity index (χ3v) is 6.35. The zero-order valence-corrected chi connectivity index (χ0v) is 14.2. The van der Waals surface area contributed by atoms with Gasteiger partial charge in [-0.2, -0.15) is 0 Å². The molecular weight excluding hydrogens is 314 g/mol. The van der Waals surface area contributed by atoms with Crippen molar-refractivity contribution < 1.29 is 14.6 Å². The van der Waals surface area contributed by atoms with Gasteiger partial charge in [0, 0.05) is 22.9 Å². The summed E-state index contributed by atoms with van der Waals surface area (Å²) >= 11 is 0. The summed E-state index contributed by atoms with van der Waals surface area (Å²) < 4.78 is 11.8. The van der Waals surface area contributed by atoms with E-state index in [2.05, 4.69) is 24.1 Å². The minimum atomic E-state index is -0.539. The number of likely N-dealkylation sites (N-methyl/N-ethyl adjacent to an activating group) is 1. The first-order chi connectivity index (χ1) is 10.7. The Bertz CT molecular complexity index is 691. The average molecular weight is 336 g/mol. The monoisotopic (exact) mass is 335 g/mol. The highest BCUT2D eigenvalue weighted by Crippen LogP contribution is 2.62. The van der Waals surface area contributed by atoms with Gasteiger partial charge in [-0.1, -0.05) is 18.2 Å². The summed E-state index contributed by atoms with van der Waals surface area (Å²) in [5.41, 5.74) is 2.60. The molecule has 0 amide bonds. The molecule has 1 fully saturated rings. The van der Waals surface area contributed by atoms with Crippen LogP contribution in [0.3, 0.4) is 0 Å². The summed E-state index contributed by atoms with van der Waals surface area (Å²) in [4.78, 5) is 2.47. The van der Waals surface area contributed by atoms with Crippen molar-refractivity contribution in [3.63, 3.8) is 0 Å². The number of hydrogen-bond acceptors (Lipinski definition) is 4. The van der Waals surface area contributed by atoms with Gasteiger partial charge < -0.3 is 19.5 Å². The Kier molecular flexibility index (Phi) is 3.25. The predicted molar refractivity (Wildman–Crippen MR) is 89.7 cm³/mol. The van der Waals surface area contributed by atoms with Gasteiger partial charge in [0.2, 0.25) is 0 Å². The molecule has 23 heavy (non-hydrogen) atoms. The molecule has 5 rings (SSSR count). The van der Waals surface area contributed by atoms with Gasteiger partial charge in [-0.3, -0.25) is 0 Å². The van der Waals surface area contributed by atoms with E-state index in [0.717, 1.165) is 30.9 Å². The van der Waals surface area contributed by atoms with E-state index >= 15 is 0 Å². The largest absolute Gasteiger partial charge is 0.493 e. The number of nitrogens with zero attached hydrogens (tertiary/aromatic N) is 1. The predicted octanol–water partition coefficient (Wildman–Crippen LogP) is 1.92. The van der Waals surface area contributed by atoms with Gasteiger partial charge >= 0.3 is 0 Å². The Morgan fingerprint density at radius 2 is 2.17 bits per heavy atom. The van der Waals surface area contributed by atoms with Crippen molar-refractivity contribution in [2.45, 2.75) is 36.5 Å². The molecule has 2 aliphatic heterocycles. The maximum absolute atomic E-state index is 10.6. The number of aliphatic hydroxyl groups is 1. The number of hydrogen-bond donors (Lipinski definition) is 1. The first-order valence-electron chi connectivity index (χ1n) is 8.10. The van der Waals surface area contributed by atoms with Crippen molar-refractivity contribution >= 4 is 12.4 Å². The number of halogens is 1. The van der Waals surface area contributed by atoms with E-state index in [4.69, 9.17) is 9.47 Å². The molecule has 3 unspecified atom stereocenters. The van der Waals surface area contributed by atoms with Crippen LogP contribution in [0.25, 0.3) is 0 Å². The van der Waals surface area contributed by atoms with Crippen LogP contribution >= 0.6 is 12.4 Å². The van der Waals surface area contributed by atoms with Gasteiger partial charge in [-0.15, -0.1) is 12.4 Å². The summed E-state index contributed by atoms with van der Waals surface area (Å²) in [5.74, 6) is 2.09. The van der Waals surface area contributed by atoms with Crippen molar-refractivity contribution in [2.24, 2.45) is 5.92 Å². The molecule has 4 aliphatic rings. The van der Waals surface area contributed by atoms with Crippen molar-refractivity contribution in [1.82, 2.24) is 4.90 Å². The van der Waals surface area contributed by atoms with Crippen LogP contribution in [-0.2, 0) is 11.8 Å². The summed E-state index contributed by atoms with van der Waals surface area (Å²) in [7, 11) is 3.91. The number of piperidine rings is 1. The molecule has 124 valence electrons. The summed E-state index contributed by atoms with van der Waals surface area (Å²) in [5, 5.41) is 10.6. The van der Waals surface area contributed by atoms with E-state index in [9.17, 15) is 5.11 Å². The SMILES string of the molecule is COc1ccc2c3c1OC1C(O)C=CC4[C@@H](C2)N(C)CC[C@]314.Cl. The van der Waals surface area contributed by atoms with Crippen molar-refractivity contribution in [1.29, 1.82) is 0 Å². The summed E-state index contributed by atoms with van der Waals surface area (Å²) in [6, 6.07) is 4.70. The maximum atomic E-state index is 10.6. The minimum absolute atomic E-state index is 0. The molecule has 0 aromatic heterocycles. The molecule has 0 radical (unpaired) electrons. The van der Waals surface area contributed by atoms with E-state index in [1.165, 1.54) is 11.1 Å². The van der Waals surface area contributed by atoms with Crippen molar-refractivity contribution in [3.05, 3.63) is 35.4 Å². The van der Waals surface area contributed by atoms with Crippen LogP contribution in [0.15, 0.2) is 24.3 Å². The lowest BCUT2D eigenvalue weighted by atomic mass is 9.53. The Morgan fingerprint density at radius 3 is 2.96 bits per heavy atom. The first-order valence-corrected chi connectivity index (χ1v) is 8.10. The number of likely N-dealkylation sites (tertiary alicyclic amines) is 1. The number of methoxy groups -OCH3 is 1. The van der Waals surface area contributed by atoms with Crippen LogP contribution in [0.4, 0.5) is 0 Å². The first kappa shape index (κ1) is 15.3. The van der Waals surface area contributed by atoms with E-state index < -0.39 is 6.10 Å². The molecule has 5 heteroatoms. The highest BCUT2D eigenvalue weighted by Gasteiger charge is 2.64. The van der Waals surface area contributed by atoms with Gasteiger partial charge in [0.1, 0.15) is 12.2 Å². The molecule has 1 spiro atoms. The molecule has 1 saturated heterocycles. The van der Waals surface area contributed by atoms with Gasteiger partial charge in [-0.05, 0) is 38.1 Å². The molecule has 2 aliphatic carbocycles. The summed E-state index contributed by atoms with van der Waals surface area (Å²) in [6.07, 6.45) is 5.54. The second-order valence-corrected chi connectivity index (χ2v) is 7.11. The third-order valence-electron chi connectivity index (χ3n) is 6.35. The number of benzene rings is 1.